The van der Waals surface area contributed by atoms with E-state index in [0.29, 0.717) is 33.7 Å². The van der Waals surface area contributed by atoms with Crippen LogP contribution in [0, 0.1) is 24.0 Å². The molecule has 0 unspecified atom stereocenters. The summed E-state index contributed by atoms with van der Waals surface area (Å²) in [6.07, 6.45) is 2.89. The topological polar surface area (TPSA) is 112 Å². The van der Waals surface area contributed by atoms with Gasteiger partial charge in [0.2, 0.25) is 0 Å². The number of carbonyl (C=O) groups is 1. The van der Waals surface area contributed by atoms with Crippen molar-refractivity contribution in [1.82, 2.24) is 14.6 Å². The average Bonchev–Trinajstić information content (AvgIpc) is 2.93. The lowest BCUT2D eigenvalue weighted by Crippen LogP contribution is -2.01. The third kappa shape index (κ3) is 2.87. The van der Waals surface area contributed by atoms with Crippen molar-refractivity contribution in [3.8, 4) is 0 Å². The maximum atomic E-state index is 11.9. The third-order valence-electron chi connectivity index (χ3n) is 3.90. The van der Waals surface area contributed by atoms with E-state index in [9.17, 15) is 14.9 Å². The Morgan fingerprint density at radius 3 is 2.80 bits per heavy atom. The van der Waals surface area contributed by atoms with E-state index in [1.165, 1.54) is 24.0 Å². The fourth-order valence-electron chi connectivity index (χ4n) is 2.59. The Bertz CT molecular complexity index is 996. The van der Waals surface area contributed by atoms with Crippen molar-refractivity contribution < 1.29 is 14.5 Å². The number of nitro groups is 1. The number of fused-ring (bicyclic) bond motifs is 1. The molecule has 3 rings (SSSR count). The first kappa shape index (κ1) is 16.4. The van der Waals surface area contributed by atoms with Crippen LogP contribution < -0.4 is 5.32 Å². The van der Waals surface area contributed by atoms with E-state index in [4.69, 9.17) is 4.74 Å². The molecule has 1 N–H and O–H groups in total. The molecule has 3 aromatic rings. The van der Waals surface area contributed by atoms with Crippen LogP contribution in [-0.2, 0) is 4.74 Å². The number of esters is 1. The Hall–Kier alpha value is -3.49. The lowest BCUT2D eigenvalue weighted by Gasteiger charge is -2.08. The van der Waals surface area contributed by atoms with Gasteiger partial charge in [-0.1, -0.05) is 6.07 Å². The van der Waals surface area contributed by atoms with Crippen LogP contribution in [0.2, 0.25) is 0 Å². The highest BCUT2D eigenvalue weighted by Gasteiger charge is 2.19. The summed E-state index contributed by atoms with van der Waals surface area (Å²) in [5.74, 6) is -0.0410. The van der Waals surface area contributed by atoms with Crippen LogP contribution in [-0.4, -0.2) is 32.6 Å². The van der Waals surface area contributed by atoms with Gasteiger partial charge in [0.25, 0.3) is 5.69 Å². The molecular weight excluding hydrogens is 326 g/mol. The SMILES string of the molecule is COC(=O)c1cn2ncnc(Nc3ccc(C)c([N+](=O)[O-])c3)c2c1C. The molecular formula is C16H15N5O4. The molecule has 0 radical (unpaired) electrons. The Morgan fingerprint density at radius 2 is 2.12 bits per heavy atom. The van der Waals surface area contributed by atoms with Gasteiger partial charge < -0.3 is 10.1 Å². The molecule has 9 heteroatoms. The fourth-order valence-corrected chi connectivity index (χ4v) is 2.59. The van der Waals surface area contributed by atoms with Gasteiger partial charge in [0.05, 0.1) is 17.6 Å². The van der Waals surface area contributed by atoms with Crippen molar-refractivity contribution in [2.24, 2.45) is 0 Å². The number of aryl methyl sites for hydroxylation is 2. The summed E-state index contributed by atoms with van der Waals surface area (Å²) in [5, 5.41) is 18.2. The van der Waals surface area contributed by atoms with Gasteiger partial charge >= 0.3 is 5.97 Å². The van der Waals surface area contributed by atoms with Gasteiger partial charge in [-0.05, 0) is 25.5 Å². The predicted octanol–water partition coefficient (Wildman–Crippen LogP) is 2.78. The zero-order valence-corrected chi connectivity index (χ0v) is 13.8. The second-order valence-electron chi connectivity index (χ2n) is 5.44. The van der Waals surface area contributed by atoms with Crippen LogP contribution in [0.4, 0.5) is 17.2 Å². The number of methoxy groups -OCH3 is 1. The van der Waals surface area contributed by atoms with Gasteiger partial charge in [-0.15, -0.1) is 0 Å². The van der Waals surface area contributed by atoms with E-state index in [-0.39, 0.29) is 5.69 Å². The van der Waals surface area contributed by atoms with Crippen LogP contribution in [0.1, 0.15) is 21.5 Å². The van der Waals surface area contributed by atoms with Crippen LogP contribution in [0.5, 0.6) is 0 Å². The van der Waals surface area contributed by atoms with E-state index in [0.717, 1.165) is 0 Å². The number of aromatic nitrogens is 3. The van der Waals surface area contributed by atoms with Crippen molar-refractivity contribution in [3.05, 3.63) is 57.5 Å². The molecule has 25 heavy (non-hydrogen) atoms. The van der Waals surface area contributed by atoms with Crippen molar-refractivity contribution in [2.75, 3.05) is 12.4 Å². The number of nitro benzene ring substituents is 1. The van der Waals surface area contributed by atoms with E-state index in [1.807, 2.05) is 0 Å². The summed E-state index contributed by atoms with van der Waals surface area (Å²) in [6.45, 7) is 3.43. The van der Waals surface area contributed by atoms with Gasteiger partial charge in [0.1, 0.15) is 11.8 Å². The molecule has 1 aromatic carbocycles. The van der Waals surface area contributed by atoms with E-state index < -0.39 is 10.9 Å². The minimum Gasteiger partial charge on any atom is -0.465 e. The summed E-state index contributed by atoms with van der Waals surface area (Å²) >= 11 is 0. The number of nitrogens with one attached hydrogen (secondary N) is 1. The lowest BCUT2D eigenvalue weighted by atomic mass is 10.1. The molecule has 0 saturated heterocycles. The number of benzene rings is 1. The number of anilines is 2. The summed E-state index contributed by atoms with van der Waals surface area (Å²) in [5.41, 5.74) is 2.70. The number of ether oxygens (including phenoxy) is 1. The van der Waals surface area contributed by atoms with Crippen LogP contribution >= 0.6 is 0 Å². The molecule has 0 atom stereocenters. The zero-order valence-electron chi connectivity index (χ0n) is 13.8. The lowest BCUT2D eigenvalue weighted by molar-refractivity contribution is -0.385. The maximum absolute atomic E-state index is 11.9. The van der Waals surface area contributed by atoms with E-state index in [2.05, 4.69) is 15.4 Å². The average molecular weight is 341 g/mol. The summed E-state index contributed by atoms with van der Waals surface area (Å²) in [6, 6.07) is 4.82. The van der Waals surface area contributed by atoms with Gasteiger partial charge in [-0.25, -0.2) is 14.3 Å². The van der Waals surface area contributed by atoms with Gasteiger partial charge in [-0.3, -0.25) is 10.1 Å². The Morgan fingerprint density at radius 1 is 1.36 bits per heavy atom. The molecule has 2 heterocycles. The van der Waals surface area contributed by atoms with Crippen molar-refractivity contribution in [3.63, 3.8) is 0 Å². The predicted molar refractivity (Wildman–Crippen MR) is 90.2 cm³/mol. The molecule has 128 valence electrons. The highest BCUT2D eigenvalue weighted by atomic mass is 16.6. The summed E-state index contributed by atoms with van der Waals surface area (Å²) < 4.78 is 6.28. The van der Waals surface area contributed by atoms with Crippen molar-refractivity contribution in [2.45, 2.75) is 13.8 Å². The second-order valence-corrected chi connectivity index (χ2v) is 5.44. The molecule has 0 saturated carbocycles. The molecule has 0 fully saturated rings. The third-order valence-corrected chi connectivity index (χ3v) is 3.90. The van der Waals surface area contributed by atoms with Crippen LogP contribution in [0.25, 0.3) is 5.52 Å². The maximum Gasteiger partial charge on any atom is 0.339 e. The zero-order chi connectivity index (χ0) is 18.1. The largest absolute Gasteiger partial charge is 0.465 e. The molecule has 0 aliphatic carbocycles. The smallest absolute Gasteiger partial charge is 0.339 e. The monoisotopic (exact) mass is 341 g/mol. The second kappa shape index (κ2) is 6.19. The Labute approximate surface area is 142 Å². The quantitative estimate of drug-likeness (QED) is 0.441. The number of carbonyl (C=O) groups excluding carboxylic acids is 1. The van der Waals surface area contributed by atoms with Crippen molar-refractivity contribution >= 4 is 28.7 Å². The van der Waals surface area contributed by atoms with Gasteiger partial charge in [-0.2, -0.15) is 5.10 Å². The molecule has 9 nitrogen and oxygen atoms in total. The molecule has 0 aliphatic heterocycles. The number of rotatable bonds is 4. The molecule has 0 aliphatic rings. The first-order valence-electron chi connectivity index (χ1n) is 7.35. The molecule has 2 aromatic heterocycles. The highest BCUT2D eigenvalue weighted by Crippen LogP contribution is 2.28. The molecule has 0 spiro atoms. The summed E-state index contributed by atoms with van der Waals surface area (Å²) in [7, 11) is 1.31. The van der Waals surface area contributed by atoms with Crippen LogP contribution in [0.15, 0.2) is 30.7 Å². The minimum atomic E-state index is -0.472. The van der Waals surface area contributed by atoms with E-state index in [1.54, 1.807) is 32.2 Å². The van der Waals surface area contributed by atoms with Gasteiger partial charge in [0, 0.05) is 23.5 Å². The normalized spacial score (nSPS) is 10.7. The molecule has 0 amide bonds. The first-order valence-corrected chi connectivity index (χ1v) is 7.35. The number of hydrogen-bond donors (Lipinski definition) is 1. The number of nitrogens with zero attached hydrogens (tertiary/aromatic N) is 4. The molecule has 0 bridgehead atoms. The van der Waals surface area contributed by atoms with Crippen molar-refractivity contribution in [1.29, 1.82) is 0 Å². The summed E-state index contributed by atoms with van der Waals surface area (Å²) in [4.78, 5) is 26.7. The minimum absolute atomic E-state index is 0.0115. The number of hydrogen-bond acceptors (Lipinski definition) is 7. The Balaban J connectivity index is 2.08. The van der Waals surface area contributed by atoms with Crippen LogP contribution in [0.3, 0.4) is 0 Å². The highest BCUT2D eigenvalue weighted by molar-refractivity contribution is 5.95. The van der Waals surface area contributed by atoms with E-state index >= 15 is 0 Å². The fraction of sp³-hybridized carbons (Fsp3) is 0.188. The van der Waals surface area contributed by atoms with Gasteiger partial charge in [0.15, 0.2) is 5.82 Å². The Kier molecular flexibility index (Phi) is 4.05. The first-order chi connectivity index (χ1) is 11.9. The standard InChI is InChI=1S/C16H15N5O4/c1-9-4-5-11(6-13(9)21(23)24)19-15-14-10(2)12(16(22)25-3)7-20(14)18-8-17-15/h4-8H,1-3H3,(H,17,18,19).